The minimum atomic E-state index is -2.44. The van der Waals surface area contributed by atoms with Crippen molar-refractivity contribution in [1.29, 1.82) is 0 Å². The van der Waals surface area contributed by atoms with Gasteiger partial charge in [0, 0.05) is 0 Å². The molecule has 0 N–H and O–H groups in total. The predicted molar refractivity (Wildman–Crippen MR) is 124 cm³/mol. The summed E-state index contributed by atoms with van der Waals surface area (Å²) in [5.41, 5.74) is 11.3. The molecule has 6 heteroatoms. The van der Waals surface area contributed by atoms with Crippen molar-refractivity contribution < 1.29 is 44.5 Å². The van der Waals surface area contributed by atoms with E-state index in [1.54, 1.807) is 0 Å². The Balaban J connectivity index is 0.00000109. The standard InChI is InChI=1S/C13H9.C11H6BrS.2ClH.S.Zr/c1-3-7-12-10(5-1)9-11-6-2-4-8-13(11)12;12-11-10-8(6-13-11)5-7-3-1-2-4-9(7)10;;;;/h1-9H;1-3,5H,6H2;2*1H;;/q;;;;;+2/p-2. The molecule has 30 heavy (non-hydrogen) atoms. The van der Waals surface area contributed by atoms with E-state index in [2.05, 4.69) is 88.7 Å². The van der Waals surface area contributed by atoms with E-state index in [-0.39, 0.29) is 24.8 Å². The summed E-state index contributed by atoms with van der Waals surface area (Å²) in [6.07, 6.45) is 2.37. The second-order valence-electron chi connectivity index (χ2n) is 7.35. The number of halogens is 3. The Morgan fingerprint density at radius 2 is 1.50 bits per heavy atom. The van der Waals surface area contributed by atoms with Crippen LogP contribution in [-0.4, -0.2) is 5.75 Å². The average Bonchev–Trinajstić information content (AvgIpc) is 3.38. The summed E-state index contributed by atoms with van der Waals surface area (Å²) in [6.45, 7) is 0. The fourth-order valence-corrected chi connectivity index (χ4v) is 14.2. The van der Waals surface area contributed by atoms with Gasteiger partial charge in [0.05, 0.1) is 0 Å². The number of thioether (sulfide) groups is 1. The molecule has 0 aromatic heterocycles. The van der Waals surface area contributed by atoms with Crippen molar-refractivity contribution in [2.75, 3.05) is 5.75 Å². The molecule has 0 fully saturated rings. The number of rotatable bonds is 2. The predicted octanol–water partition coefficient (Wildman–Crippen LogP) is 1.03. The fraction of sp³-hybridized carbons (Fsp3) is 0.0833. The molecule has 3 aromatic rings. The normalized spacial score (nSPS) is 15.1. The van der Waals surface area contributed by atoms with E-state index in [0.717, 1.165) is 5.75 Å². The fourth-order valence-electron chi connectivity index (χ4n) is 4.74. The third-order valence-electron chi connectivity index (χ3n) is 5.91. The van der Waals surface area contributed by atoms with Gasteiger partial charge in [-0.1, -0.05) is 0 Å². The molecule has 148 valence electrons. The van der Waals surface area contributed by atoms with Crippen LogP contribution >= 0.6 is 36.5 Å². The topological polar surface area (TPSA) is 0 Å². The van der Waals surface area contributed by atoms with Gasteiger partial charge in [0.2, 0.25) is 0 Å². The van der Waals surface area contributed by atoms with Crippen LogP contribution in [0.4, 0.5) is 0 Å². The molecule has 0 radical (unpaired) electrons. The summed E-state index contributed by atoms with van der Waals surface area (Å²) >= 11 is 3.28. The van der Waals surface area contributed by atoms with Crippen LogP contribution in [0.2, 0.25) is 0 Å². The van der Waals surface area contributed by atoms with Crippen LogP contribution in [0.15, 0.2) is 76.1 Å². The Morgan fingerprint density at radius 1 is 0.867 bits per heavy atom. The summed E-state index contributed by atoms with van der Waals surface area (Å²) in [5.74, 6) is 1.06. The van der Waals surface area contributed by atoms with Gasteiger partial charge in [-0.2, -0.15) is 0 Å². The Labute approximate surface area is 212 Å². The summed E-state index contributed by atoms with van der Waals surface area (Å²) < 4.78 is 3.17. The Morgan fingerprint density at radius 3 is 2.17 bits per heavy atom. The molecule has 3 aliphatic rings. The van der Waals surface area contributed by atoms with Crippen molar-refractivity contribution in [3.63, 3.8) is 0 Å². The van der Waals surface area contributed by atoms with Gasteiger partial charge in [-0.15, -0.1) is 0 Å². The van der Waals surface area contributed by atoms with Crippen LogP contribution < -0.4 is 28.1 Å². The first-order valence-corrected chi connectivity index (χ1v) is 17.2. The van der Waals surface area contributed by atoms with Crippen molar-refractivity contribution in [1.82, 2.24) is 0 Å². The van der Waals surface area contributed by atoms with E-state index < -0.39 is 19.7 Å². The van der Waals surface area contributed by atoms with Crippen molar-refractivity contribution in [3.8, 4) is 11.1 Å². The maximum absolute atomic E-state index is 6.48. The van der Waals surface area contributed by atoms with Crippen LogP contribution in [0.5, 0.6) is 0 Å². The van der Waals surface area contributed by atoms with Gasteiger partial charge in [0.15, 0.2) is 0 Å². The molecule has 0 saturated carbocycles. The molecule has 0 spiro atoms. The molecule has 1 aliphatic heterocycles. The molecule has 0 amide bonds. The van der Waals surface area contributed by atoms with Crippen LogP contribution in [0.1, 0.15) is 25.9 Å². The molecule has 0 atom stereocenters. The number of hydrogen-bond acceptors (Lipinski definition) is 2. The molecule has 0 saturated heterocycles. The van der Waals surface area contributed by atoms with Gasteiger partial charge in [-0.25, -0.2) is 0 Å². The molecule has 0 unspecified atom stereocenters. The molecule has 0 bridgehead atoms. The van der Waals surface area contributed by atoms with Crippen LogP contribution in [0.25, 0.3) is 22.8 Å². The zero-order chi connectivity index (χ0) is 18.8. The van der Waals surface area contributed by atoms with E-state index in [1.807, 2.05) is 11.8 Å². The Hall–Kier alpha value is -0.347. The summed E-state index contributed by atoms with van der Waals surface area (Å²) in [6, 6.07) is 24.6. The third kappa shape index (κ3) is 3.34. The van der Waals surface area contributed by atoms with Crippen LogP contribution in [0, 0.1) is 0 Å². The quantitative estimate of drug-likeness (QED) is 0.426. The van der Waals surface area contributed by atoms with E-state index in [9.17, 15) is 0 Å². The second kappa shape index (κ2) is 8.89. The van der Waals surface area contributed by atoms with Crippen molar-refractivity contribution in [2.24, 2.45) is 0 Å². The van der Waals surface area contributed by atoms with Crippen LogP contribution in [-0.2, 0) is 19.7 Å². The summed E-state index contributed by atoms with van der Waals surface area (Å²) in [4.78, 5) is 0. The van der Waals surface area contributed by atoms with E-state index >= 15 is 0 Å². The number of allylic oxidation sites excluding steroid dienone is 1. The number of hydrogen-bond donors (Lipinski definition) is 0. The maximum atomic E-state index is 6.48. The zero-order valence-corrected chi connectivity index (χ0v) is 22.9. The molecule has 6 rings (SSSR count). The SMILES string of the molecule is [Cl-].[Cl-].[S]=[Zr+2]([c]1cccc2c1C1=C(Br)SCC1=C2)[CH]1c2ccccc2-c2ccccc21. The number of benzene rings is 3. The zero-order valence-electron chi connectivity index (χ0n) is 15.7. The molecule has 2 aliphatic carbocycles. The van der Waals surface area contributed by atoms with Gasteiger partial charge in [0.1, 0.15) is 0 Å². The Kier molecular flexibility index (Phi) is 6.76. The second-order valence-corrected chi connectivity index (χ2v) is 16.8. The summed E-state index contributed by atoms with van der Waals surface area (Å²) in [7, 11) is 6.48. The molecule has 3 aromatic carbocycles. The van der Waals surface area contributed by atoms with E-state index in [4.69, 9.17) is 8.86 Å². The first-order chi connectivity index (χ1) is 13.7. The molecule has 0 nitrogen and oxygen atoms in total. The molecular formula is C24H15BrCl2S2Zr. The first kappa shape index (κ1) is 22.8. The minimum absolute atomic E-state index is 0. The summed E-state index contributed by atoms with van der Waals surface area (Å²) in [5, 5.41) is 0. The first-order valence-electron chi connectivity index (χ1n) is 9.33. The van der Waals surface area contributed by atoms with Gasteiger partial charge >= 0.3 is 190 Å². The average molecular weight is 610 g/mol. The third-order valence-corrected chi connectivity index (χ3v) is 15.7. The van der Waals surface area contributed by atoms with Crippen LogP contribution in [0.3, 0.4) is 0 Å². The monoisotopic (exact) mass is 606 g/mol. The van der Waals surface area contributed by atoms with Gasteiger partial charge in [0.25, 0.3) is 0 Å². The van der Waals surface area contributed by atoms with Gasteiger partial charge in [-0.05, 0) is 0 Å². The van der Waals surface area contributed by atoms with E-state index in [0.29, 0.717) is 3.63 Å². The van der Waals surface area contributed by atoms with Crippen molar-refractivity contribution in [2.45, 2.75) is 3.63 Å². The molecule has 1 heterocycles. The Bertz CT molecular complexity index is 1220. The number of fused-ring (bicyclic) bond motifs is 6. The van der Waals surface area contributed by atoms with Crippen molar-refractivity contribution in [3.05, 3.63) is 98.4 Å². The van der Waals surface area contributed by atoms with E-state index in [1.165, 1.54) is 51.6 Å². The molecular weight excluding hydrogens is 594 g/mol. The van der Waals surface area contributed by atoms with Crippen molar-refractivity contribution >= 4 is 51.5 Å². The van der Waals surface area contributed by atoms with Gasteiger partial charge < -0.3 is 24.8 Å². The van der Waals surface area contributed by atoms with Gasteiger partial charge in [-0.3, -0.25) is 0 Å².